The number of ether oxygens (including phenoxy) is 2. The monoisotopic (exact) mass is 325 g/mol. The molecule has 1 fully saturated rings. The van der Waals surface area contributed by atoms with Crippen LogP contribution in [0.5, 0.6) is 11.5 Å². The Kier molecular flexibility index (Phi) is 3.71. The van der Waals surface area contributed by atoms with E-state index in [-0.39, 0.29) is 5.41 Å². The molecule has 1 aromatic carbocycles. The average molecular weight is 325 g/mol. The van der Waals surface area contributed by atoms with Crippen LogP contribution in [0.2, 0.25) is 0 Å². The first-order valence-electron chi connectivity index (χ1n) is 8.54. The molecule has 5 nitrogen and oxygen atoms in total. The molecule has 0 amide bonds. The summed E-state index contributed by atoms with van der Waals surface area (Å²) in [5.74, 6) is 2.26. The third kappa shape index (κ3) is 2.35. The molecule has 0 radical (unpaired) electrons. The molecule has 126 valence electrons. The zero-order chi connectivity index (χ0) is 16.6. The molecule has 24 heavy (non-hydrogen) atoms. The van der Waals surface area contributed by atoms with Crippen LogP contribution in [0, 0.1) is 0 Å². The van der Waals surface area contributed by atoms with Crippen molar-refractivity contribution in [2.24, 2.45) is 10.7 Å². The van der Waals surface area contributed by atoms with Crippen LogP contribution in [-0.4, -0.2) is 24.1 Å². The number of rotatable bonds is 6. The molecule has 1 aromatic heterocycles. The van der Waals surface area contributed by atoms with Crippen molar-refractivity contribution < 1.29 is 9.47 Å². The number of nitrogens with zero attached hydrogens (tertiary/aromatic N) is 2. The number of benzene rings is 1. The van der Waals surface area contributed by atoms with Crippen LogP contribution in [0.15, 0.2) is 41.7 Å². The van der Waals surface area contributed by atoms with Crippen molar-refractivity contribution in [2.75, 3.05) is 13.7 Å². The van der Waals surface area contributed by atoms with E-state index in [0.717, 1.165) is 48.8 Å². The van der Waals surface area contributed by atoms with Gasteiger partial charge in [-0.3, -0.25) is 0 Å². The Hall–Kier alpha value is -2.43. The Labute approximate surface area is 142 Å². The maximum Gasteiger partial charge on any atom is 0.163 e. The minimum atomic E-state index is -0.0461. The van der Waals surface area contributed by atoms with E-state index < -0.39 is 0 Å². The highest BCUT2D eigenvalue weighted by molar-refractivity contribution is 6.00. The third-order valence-electron chi connectivity index (χ3n) is 5.22. The summed E-state index contributed by atoms with van der Waals surface area (Å²) in [7, 11) is 1.68. The van der Waals surface area contributed by atoms with Crippen molar-refractivity contribution in [2.45, 2.75) is 37.6 Å². The first-order valence-corrected chi connectivity index (χ1v) is 8.54. The fourth-order valence-corrected chi connectivity index (χ4v) is 3.68. The fourth-order valence-electron chi connectivity index (χ4n) is 3.68. The van der Waals surface area contributed by atoms with E-state index in [4.69, 9.17) is 15.2 Å². The molecule has 1 aliphatic carbocycles. The summed E-state index contributed by atoms with van der Waals surface area (Å²) in [6, 6.07) is 8.11. The molecule has 2 heterocycles. The van der Waals surface area contributed by atoms with Crippen LogP contribution < -0.4 is 15.2 Å². The number of amidine groups is 1. The number of nitrogens with two attached hydrogens (primary N) is 1. The predicted octanol–water partition coefficient (Wildman–Crippen LogP) is 3.39. The van der Waals surface area contributed by atoms with Crippen LogP contribution >= 0.6 is 0 Å². The Morgan fingerprint density at radius 2 is 2.00 bits per heavy atom. The Morgan fingerprint density at radius 1 is 1.21 bits per heavy atom. The standard InChI is InChI=1S/C19H23N3O2/c1-23-16-12-14-15(21-18(20)19(14)6-4-7-19)13-17(16)24-11-5-10-22-8-2-3-9-22/h2-3,8-9,12-13H,4-7,10-11H2,1H3,(H2,20,21). The Bertz CT molecular complexity index is 761. The van der Waals surface area contributed by atoms with Gasteiger partial charge in [0.15, 0.2) is 11.5 Å². The molecule has 1 spiro atoms. The molecule has 4 rings (SSSR count). The van der Waals surface area contributed by atoms with E-state index in [1.165, 1.54) is 12.0 Å². The number of aryl methyl sites for hydroxylation is 1. The SMILES string of the molecule is COc1cc2c(cc1OCCCn1cccc1)N=C(N)C21CCC1. The third-order valence-corrected chi connectivity index (χ3v) is 5.22. The highest BCUT2D eigenvalue weighted by Gasteiger charge is 2.47. The molecule has 2 aliphatic rings. The van der Waals surface area contributed by atoms with E-state index in [0.29, 0.717) is 6.61 Å². The number of fused-ring (bicyclic) bond motifs is 2. The molecule has 2 aromatic rings. The van der Waals surface area contributed by atoms with E-state index >= 15 is 0 Å². The molecule has 0 bridgehead atoms. The Balaban J connectivity index is 1.48. The van der Waals surface area contributed by atoms with Crippen LogP contribution in [-0.2, 0) is 12.0 Å². The quantitative estimate of drug-likeness (QED) is 0.828. The zero-order valence-corrected chi connectivity index (χ0v) is 14.0. The maximum atomic E-state index is 6.21. The van der Waals surface area contributed by atoms with E-state index in [1.54, 1.807) is 7.11 Å². The van der Waals surface area contributed by atoms with Crippen LogP contribution in [0.25, 0.3) is 0 Å². The predicted molar refractivity (Wildman–Crippen MR) is 94.3 cm³/mol. The second-order valence-electron chi connectivity index (χ2n) is 6.58. The van der Waals surface area contributed by atoms with Gasteiger partial charge >= 0.3 is 0 Å². The minimum absolute atomic E-state index is 0.0461. The van der Waals surface area contributed by atoms with Gasteiger partial charge in [0.25, 0.3) is 0 Å². The summed E-state index contributed by atoms with van der Waals surface area (Å²) in [6.45, 7) is 1.58. The molecule has 0 unspecified atom stereocenters. The van der Waals surface area contributed by atoms with Gasteiger partial charge in [0.2, 0.25) is 0 Å². The summed E-state index contributed by atoms with van der Waals surface area (Å²) in [4.78, 5) is 4.59. The molecule has 5 heteroatoms. The lowest BCUT2D eigenvalue weighted by Gasteiger charge is -2.38. The fraction of sp³-hybridized carbons (Fsp3) is 0.421. The van der Waals surface area contributed by atoms with Gasteiger partial charge in [0.1, 0.15) is 5.84 Å². The highest BCUT2D eigenvalue weighted by atomic mass is 16.5. The lowest BCUT2D eigenvalue weighted by atomic mass is 9.64. The number of hydrogen-bond acceptors (Lipinski definition) is 4. The molecule has 0 atom stereocenters. The summed E-state index contributed by atoms with van der Waals surface area (Å²) in [5, 5.41) is 0. The van der Waals surface area contributed by atoms with Gasteiger partial charge in [0, 0.05) is 25.0 Å². The summed E-state index contributed by atoms with van der Waals surface area (Å²) in [5.41, 5.74) is 8.30. The smallest absolute Gasteiger partial charge is 0.163 e. The van der Waals surface area contributed by atoms with Crippen molar-refractivity contribution in [1.29, 1.82) is 0 Å². The first kappa shape index (κ1) is 15.1. The van der Waals surface area contributed by atoms with Crippen LogP contribution in [0.1, 0.15) is 31.2 Å². The highest BCUT2D eigenvalue weighted by Crippen LogP contribution is 2.53. The number of methoxy groups -OCH3 is 1. The van der Waals surface area contributed by atoms with Gasteiger partial charge in [-0.05, 0) is 43.0 Å². The van der Waals surface area contributed by atoms with Crippen molar-refractivity contribution in [3.8, 4) is 11.5 Å². The van der Waals surface area contributed by atoms with Gasteiger partial charge in [-0.25, -0.2) is 4.99 Å². The molecule has 1 saturated carbocycles. The van der Waals surface area contributed by atoms with Crippen molar-refractivity contribution in [3.05, 3.63) is 42.2 Å². The molecule has 0 saturated heterocycles. The maximum absolute atomic E-state index is 6.21. The lowest BCUT2D eigenvalue weighted by Crippen LogP contribution is -2.44. The van der Waals surface area contributed by atoms with Crippen LogP contribution in [0.3, 0.4) is 0 Å². The Morgan fingerprint density at radius 3 is 2.67 bits per heavy atom. The largest absolute Gasteiger partial charge is 0.493 e. The number of hydrogen-bond donors (Lipinski definition) is 1. The summed E-state index contributed by atoms with van der Waals surface area (Å²) in [6.07, 6.45) is 8.42. The van der Waals surface area contributed by atoms with Crippen molar-refractivity contribution in [1.82, 2.24) is 4.57 Å². The second kappa shape index (κ2) is 5.89. The number of aliphatic imine (C=N–C) groups is 1. The zero-order valence-electron chi connectivity index (χ0n) is 14.0. The second-order valence-corrected chi connectivity index (χ2v) is 6.58. The minimum Gasteiger partial charge on any atom is -0.493 e. The molecule has 2 N–H and O–H groups in total. The normalized spacial score (nSPS) is 17.3. The molecular weight excluding hydrogens is 302 g/mol. The van der Waals surface area contributed by atoms with Crippen molar-refractivity contribution in [3.63, 3.8) is 0 Å². The van der Waals surface area contributed by atoms with E-state index in [9.17, 15) is 0 Å². The van der Waals surface area contributed by atoms with Gasteiger partial charge in [-0.15, -0.1) is 0 Å². The average Bonchev–Trinajstić information content (AvgIpc) is 3.14. The summed E-state index contributed by atoms with van der Waals surface area (Å²) < 4.78 is 13.7. The number of aromatic nitrogens is 1. The molecular formula is C19H23N3O2. The van der Waals surface area contributed by atoms with Crippen molar-refractivity contribution >= 4 is 11.5 Å². The topological polar surface area (TPSA) is 61.8 Å². The lowest BCUT2D eigenvalue weighted by molar-refractivity contribution is 0.281. The molecule has 1 aliphatic heterocycles. The van der Waals surface area contributed by atoms with Gasteiger partial charge in [-0.2, -0.15) is 0 Å². The first-order chi connectivity index (χ1) is 11.7. The van der Waals surface area contributed by atoms with Gasteiger partial charge in [-0.1, -0.05) is 6.42 Å². The van der Waals surface area contributed by atoms with Crippen LogP contribution in [0.4, 0.5) is 5.69 Å². The van der Waals surface area contributed by atoms with Gasteiger partial charge in [0.05, 0.1) is 24.8 Å². The summed E-state index contributed by atoms with van der Waals surface area (Å²) >= 11 is 0. The van der Waals surface area contributed by atoms with Gasteiger partial charge < -0.3 is 19.8 Å². The van der Waals surface area contributed by atoms with E-state index in [2.05, 4.69) is 28.0 Å². The van der Waals surface area contributed by atoms with E-state index in [1.807, 2.05) is 18.2 Å².